The number of anilines is 1. The highest BCUT2D eigenvalue weighted by Crippen LogP contribution is 2.16. The molecule has 0 saturated carbocycles. The standard InChI is InChI=1S/C13H16N6O2/c1-8-16-17-18-19(8)10-4-2-3-9(5-10)15-13(21)12-6-11(20)7-14-12/h2-5,11-12,14,20H,6-7H2,1H3,(H,15,21). The number of carbonyl (C=O) groups is 1. The molecular formula is C13H16N6O2. The Morgan fingerprint density at radius 2 is 2.38 bits per heavy atom. The molecule has 8 heteroatoms. The fraction of sp³-hybridized carbons (Fsp3) is 0.385. The topological polar surface area (TPSA) is 105 Å². The lowest BCUT2D eigenvalue weighted by Gasteiger charge is -2.12. The summed E-state index contributed by atoms with van der Waals surface area (Å²) in [4.78, 5) is 12.1. The highest BCUT2D eigenvalue weighted by atomic mass is 16.3. The quantitative estimate of drug-likeness (QED) is 0.712. The molecule has 0 aliphatic carbocycles. The van der Waals surface area contributed by atoms with Crippen molar-refractivity contribution in [1.82, 2.24) is 25.5 Å². The molecule has 2 heterocycles. The number of hydrogen-bond acceptors (Lipinski definition) is 6. The maximum atomic E-state index is 12.1. The van der Waals surface area contributed by atoms with E-state index in [4.69, 9.17) is 0 Å². The van der Waals surface area contributed by atoms with E-state index in [1.165, 1.54) is 0 Å². The lowest BCUT2D eigenvalue weighted by molar-refractivity contribution is -0.117. The lowest BCUT2D eigenvalue weighted by Crippen LogP contribution is -2.35. The second-order valence-electron chi connectivity index (χ2n) is 5.03. The van der Waals surface area contributed by atoms with Gasteiger partial charge in [-0.05, 0) is 42.0 Å². The van der Waals surface area contributed by atoms with Crippen LogP contribution in [-0.4, -0.2) is 49.9 Å². The summed E-state index contributed by atoms with van der Waals surface area (Å²) in [7, 11) is 0. The number of carbonyl (C=O) groups excluding carboxylic acids is 1. The van der Waals surface area contributed by atoms with Crippen LogP contribution >= 0.6 is 0 Å². The highest BCUT2D eigenvalue weighted by molar-refractivity contribution is 5.95. The summed E-state index contributed by atoms with van der Waals surface area (Å²) in [5.74, 6) is 0.510. The molecule has 0 radical (unpaired) electrons. The molecule has 1 amide bonds. The number of rotatable bonds is 3. The first-order valence-electron chi connectivity index (χ1n) is 6.71. The van der Waals surface area contributed by atoms with Crippen molar-refractivity contribution < 1.29 is 9.90 Å². The summed E-state index contributed by atoms with van der Waals surface area (Å²) in [6.45, 7) is 2.25. The summed E-state index contributed by atoms with van der Waals surface area (Å²) in [6, 6.07) is 6.91. The SMILES string of the molecule is Cc1nnnn1-c1cccc(NC(=O)C2CC(O)CN2)c1. The molecule has 8 nitrogen and oxygen atoms in total. The summed E-state index contributed by atoms with van der Waals surface area (Å²) < 4.78 is 1.59. The second-order valence-corrected chi connectivity index (χ2v) is 5.03. The maximum Gasteiger partial charge on any atom is 0.241 e. The van der Waals surface area contributed by atoms with Crippen molar-refractivity contribution in [3.63, 3.8) is 0 Å². The Balaban J connectivity index is 1.75. The van der Waals surface area contributed by atoms with Crippen LogP contribution in [0, 0.1) is 6.92 Å². The van der Waals surface area contributed by atoms with E-state index in [9.17, 15) is 9.90 Å². The van der Waals surface area contributed by atoms with Crippen LogP contribution in [0.1, 0.15) is 12.2 Å². The average molecular weight is 288 g/mol. The van der Waals surface area contributed by atoms with E-state index in [1.54, 1.807) is 23.7 Å². The molecule has 3 N–H and O–H groups in total. The van der Waals surface area contributed by atoms with Gasteiger partial charge in [0, 0.05) is 12.2 Å². The van der Waals surface area contributed by atoms with Gasteiger partial charge in [-0.15, -0.1) is 5.10 Å². The number of β-amino-alcohol motifs (C(OH)–C–C–N with tert-alkyl or cyclic N) is 1. The predicted molar refractivity (Wildman–Crippen MR) is 74.9 cm³/mol. The zero-order valence-electron chi connectivity index (χ0n) is 11.5. The van der Waals surface area contributed by atoms with E-state index >= 15 is 0 Å². The molecule has 110 valence electrons. The molecule has 2 aromatic rings. The van der Waals surface area contributed by atoms with E-state index in [0.717, 1.165) is 5.69 Å². The first kappa shape index (κ1) is 13.7. The Morgan fingerprint density at radius 1 is 1.52 bits per heavy atom. The van der Waals surface area contributed by atoms with Gasteiger partial charge in [0.1, 0.15) is 0 Å². The van der Waals surface area contributed by atoms with Crippen LogP contribution in [0.25, 0.3) is 5.69 Å². The molecule has 2 atom stereocenters. The second kappa shape index (κ2) is 5.58. The molecule has 0 bridgehead atoms. The molecule has 1 aliphatic rings. The van der Waals surface area contributed by atoms with Crippen molar-refractivity contribution in [3.8, 4) is 5.69 Å². The highest BCUT2D eigenvalue weighted by Gasteiger charge is 2.27. The van der Waals surface area contributed by atoms with Gasteiger partial charge < -0.3 is 15.7 Å². The molecule has 1 aromatic heterocycles. The maximum absolute atomic E-state index is 12.1. The minimum Gasteiger partial charge on any atom is -0.392 e. The van der Waals surface area contributed by atoms with Gasteiger partial charge in [-0.3, -0.25) is 4.79 Å². The molecule has 1 fully saturated rings. The number of benzene rings is 1. The van der Waals surface area contributed by atoms with E-state index < -0.39 is 6.10 Å². The zero-order valence-corrected chi connectivity index (χ0v) is 11.5. The molecular weight excluding hydrogens is 272 g/mol. The molecule has 1 saturated heterocycles. The number of aliphatic hydroxyl groups is 1. The molecule has 1 aliphatic heterocycles. The number of aromatic nitrogens is 4. The summed E-state index contributed by atoms with van der Waals surface area (Å²) in [6.07, 6.45) is -0.0339. The minimum atomic E-state index is -0.462. The average Bonchev–Trinajstić information content (AvgIpc) is 3.08. The lowest BCUT2D eigenvalue weighted by atomic mass is 10.2. The Bertz CT molecular complexity index is 656. The van der Waals surface area contributed by atoms with Gasteiger partial charge in [0.15, 0.2) is 5.82 Å². The largest absolute Gasteiger partial charge is 0.392 e. The van der Waals surface area contributed by atoms with E-state index in [0.29, 0.717) is 24.5 Å². The number of aryl methyl sites for hydroxylation is 1. The van der Waals surface area contributed by atoms with Crippen LogP contribution in [0.3, 0.4) is 0 Å². The molecule has 0 spiro atoms. The van der Waals surface area contributed by atoms with Crippen LogP contribution in [0.5, 0.6) is 0 Å². The van der Waals surface area contributed by atoms with Crippen molar-refractivity contribution in [2.75, 3.05) is 11.9 Å². The van der Waals surface area contributed by atoms with Gasteiger partial charge in [0.25, 0.3) is 0 Å². The number of nitrogens with one attached hydrogen (secondary N) is 2. The van der Waals surface area contributed by atoms with Gasteiger partial charge in [-0.1, -0.05) is 6.07 Å². The fourth-order valence-electron chi connectivity index (χ4n) is 2.33. The molecule has 2 unspecified atom stereocenters. The summed E-state index contributed by atoms with van der Waals surface area (Å²) >= 11 is 0. The first-order valence-corrected chi connectivity index (χ1v) is 6.71. The van der Waals surface area contributed by atoms with Gasteiger partial charge in [-0.25, -0.2) is 0 Å². The molecule has 21 heavy (non-hydrogen) atoms. The van der Waals surface area contributed by atoms with Crippen molar-refractivity contribution in [3.05, 3.63) is 30.1 Å². The summed E-state index contributed by atoms with van der Waals surface area (Å²) in [5.41, 5.74) is 1.44. The smallest absolute Gasteiger partial charge is 0.241 e. The van der Waals surface area contributed by atoms with E-state index in [1.807, 2.05) is 12.1 Å². The van der Waals surface area contributed by atoms with Crippen molar-refractivity contribution >= 4 is 11.6 Å². The van der Waals surface area contributed by atoms with Crippen LogP contribution in [0.15, 0.2) is 24.3 Å². The number of hydrogen-bond donors (Lipinski definition) is 3. The van der Waals surface area contributed by atoms with Gasteiger partial charge in [-0.2, -0.15) is 4.68 Å². The van der Waals surface area contributed by atoms with Crippen LogP contribution < -0.4 is 10.6 Å². The Morgan fingerprint density at radius 3 is 3.05 bits per heavy atom. The van der Waals surface area contributed by atoms with Gasteiger partial charge in [0.2, 0.25) is 5.91 Å². The molecule has 3 rings (SSSR count). The van der Waals surface area contributed by atoms with Crippen molar-refractivity contribution in [2.24, 2.45) is 0 Å². The first-order chi connectivity index (χ1) is 10.1. The number of tetrazole rings is 1. The monoisotopic (exact) mass is 288 g/mol. The third kappa shape index (κ3) is 2.91. The van der Waals surface area contributed by atoms with E-state index in [2.05, 4.69) is 26.2 Å². The third-order valence-electron chi connectivity index (χ3n) is 3.41. The third-order valence-corrected chi connectivity index (χ3v) is 3.41. The van der Waals surface area contributed by atoms with Gasteiger partial charge in [0.05, 0.1) is 17.8 Å². The minimum absolute atomic E-state index is 0.155. The number of amides is 1. The Hall–Kier alpha value is -2.32. The number of aliphatic hydroxyl groups excluding tert-OH is 1. The van der Waals surface area contributed by atoms with Gasteiger partial charge >= 0.3 is 0 Å². The predicted octanol–water partition coefficient (Wildman–Crippen LogP) is -0.368. The van der Waals surface area contributed by atoms with Crippen LogP contribution in [0.4, 0.5) is 5.69 Å². The van der Waals surface area contributed by atoms with Crippen LogP contribution in [0.2, 0.25) is 0 Å². The van der Waals surface area contributed by atoms with Crippen LogP contribution in [-0.2, 0) is 4.79 Å². The number of nitrogens with zero attached hydrogens (tertiary/aromatic N) is 4. The van der Waals surface area contributed by atoms with Crippen molar-refractivity contribution in [2.45, 2.75) is 25.5 Å². The Labute approximate surface area is 121 Å². The fourth-order valence-corrected chi connectivity index (χ4v) is 2.33. The molecule has 1 aromatic carbocycles. The normalized spacial score (nSPS) is 21.4. The zero-order chi connectivity index (χ0) is 14.8. The van der Waals surface area contributed by atoms with E-state index in [-0.39, 0.29) is 11.9 Å². The summed E-state index contributed by atoms with van der Waals surface area (Å²) in [5, 5.41) is 26.6. The Kier molecular flexibility index (Phi) is 3.63. The van der Waals surface area contributed by atoms with Crippen molar-refractivity contribution in [1.29, 1.82) is 0 Å².